The van der Waals surface area contributed by atoms with Crippen LogP contribution in [-0.4, -0.2) is 28.3 Å². The molecule has 1 aliphatic rings. The largest absolute Gasteiger partial charge is 0.480 e. The summed E-state index contributed by atoms with van der Waals surface area (Å²) in [5.41, 5.74) is 6.57. The van der Waals surface area contributed by atoms with Crippen molar-refractivity contribution in [3.05, 3.63) is 64.3 Å². The minimum Gasteiger partial charge on any atom is -0.480 e. The van der Waals surface area contributed by atoms with Gasteiger partial charge in [0.1, 0.15) is 11.8 Å². The first kappa shape index (κ1) is 19.6. The highest BCUT2D eigenvalue weighted by Crippen LogP contribution is 2.28. The van der Waals surface area contributed by atoms with Crippen LogP contribution in [0.25, 0.3) is 6.08 Å². The molecule has 2 aromatic rings. The molecule has 144 valence electrons. The zero-order chi connectivity index (χ0) is 20.3. The van der Waals surface area contributed by atoms with E-state index in [1.54, 1.807) is 36.4 Å². The van der Waals surface area contributed by atoms with Gasteiger partial charge in [-0.15, -0.1) is 0 Å². The molecule has 0 radical (unpaired) electrons. The summed E-state index contributed by atoms with van der Waals surface area (Å²) in [5.74, 6) is -1.89. The number of nitrogens with two attached hydrogens (primary N) is 1. The molecule has 9 heteroatoms. The summed E-state index contributed by atoms with van der Waals surface area (Å²) in [4.78, 5) is 33.8. The number of thioether (sulfide) groups is 1. The van der Waals surface area contributed by atoms with E-state index >= 15 is 0 Å². The van der Waals surface area contributed by atoms with Gasteiger partial charge in [0.05, 0.1) is 4.91 Å². The number of amides is 2. The summed E-state index contributed by atoms with van der Waals surface area (Å²) in [5, 5.41) is 10.6. The standard InChI is InChI=1S/C19H15FN2O5S/c20-13-7-11(8-14(21)18(24)25)3-6-15(13)27-12-4-1-10(2-5-12)9-16-17(23)22-19(26)28-16/h1-7,9,14H,8,21H2,(H,24,25)(H,22,23,26)/b16-9-. The zero-order valence-corrected chi connectivity index (χ0v) is 15.2. The number of hydrogen-bond acceptors (Lipinski definition) is 6. The Labute approximate surface area is 163 Å². The van der Waals surface area contributed by atoms with Crippen LogP contribution >= 0.6 is 11.8 Å². The van der Waals surface area contributed by atoms with Crippen molar-refractivity contribution in [3.8, 4) is 11.5 Å². The van der Waals surface area contributed by atoms with Gasteiger partial charge in [-0.3, -0.25) is 19.7 Å². The van der Waals surface area contributed by atoms with E-state index in [-0.39, 0.29) is 12.2 Å². The van der Waals surface area contributed by atoms with Crippen LogP contribution in [0, 0.1) is 5.82 Å². The van der Waals surface area contributed by atoms with Crippen LogP contribution in [0.1, 0.15) is 11.1 Å². The summed E-state index contributed by atoms with van der Waals surface area (Å²) in [7, 11) is 0. The lowest BCUT2D eigenvalue weighted by Gasteiger charge is -2.10. The third-order valence-electron chi connectivity index (χ3n) is 3.82. The Balaban J connectivity index is 1.69. The van der Waals surface area contributed by atoms with Gasteiger partial charge in [0.25, 0.3) is 11.1 Å². The lowest BCUT2D eigenvalue weighted by molar-refractivity contribution is -0.138. The van der Waals surface area contributed by atoms with Crippen molar-refractivity contribution in [2.24, 2.45) is 5.73 Å². The molecular formula is C19H15FN2O5S. The molecule has 4 N–H and O–H groups in total. The van der Waals surface area contributed by atoms with Crippen molar-refractivity contribution in [1.29, 1.82) is 0 Å². The quantitative estimate of drug-likeness (QED) is 0.636. The van der Waals surface area contributed by atoms with Crippen LogP contribution in [0.4, 0.5) is 9.18 Å². The number of ether oxygens (including phenoxy) is 1. The van der Waals surface area contributed by atoms with Crippen molar-refractivity contribution >= 4 is 35.0 Å². The topological polar surface area (TPSA) is 119 Å². The molecule has 0 bridgehead atoms. The minimum absolute atomic E-state index is 0.00396. The van der Waals surface area contributed by atoms with Crippen LogP contribution < -0.4 is 15.8 Å². The van der Waals surface area contributed by atoms with Gasteiger partial charge in [0, 0.05) is 0 Å². The minimum atomic E-state index is -1.16. The maximum absolute atomic E-state index is 14.2. The van der Waals surface area contributed by atoms with Crippen molar-refractivity contribution < 1.29 is 28.6 Å². The van der Waals surface area contributed by atoms with Crippen molar-refractivity contribution in [2.75, 3.05) is 0 Å². The van der Waals surface area contributed by atoms with E-state index in [0.29, 0.717) is 21.8 Å². The highest BCUT2D eigenvalue weighted by Gasteiger charge is 2.24. The van der Waals surface area contributed by atoms with Crippen molar-refractivity contribution in [1.82, 2.24) is 5.32 Å². The van der Waals surface area contributed by atoms with Crippen LogP contribution in [-0.2, 0) is 16.0 Å². The second-order valence-corrected chi connectivity index (χ2v) is 6.95. The molecule has 7 nitrogen and oxygen atoms in total. The van der Waals surface area contributed by atoms with Gasteiger partial charge in [0.2, 0.25) is 0 Å². The lowest BCUT2D eigenvalue weighted by Crippen LogP contribution is -2.32. The first-order valence-corrected chi connectivity index (χ1v) is 8.93. The molecular weight excluding hydrogens is 387 g/mol. The summed E-state index contributed by atoms with van der Waals surface area (Å²) in [6.07, 6.45) is 1.57. The average molecular weight is 402 g/mol. The van der Waals surface area contributed by atoms with E-state index in [2.05, 4.69) is 5.32 Å². The molecule has 0 saturated carbocycles. The van der Waals surface area contributed by atoms with Gasteiger partial charge in [0.15, 0.2) is 11.6 Å². The molecule has 1 aliphatic heterocycles. The Hall–Kier alpha value is -3.17. The van der Waals surface area contributed by atoms with Crippen LogP contribution in [0.5, 0.6) is 11.5 Å². The van der Waals surface area contributed by atoms with E-state index in [4.69, 9.17) is 15.6 Å². The maximum atomic E-state index is 14.2. The number of nitrogens with one attached hydrogen (secondary N) is 1. The molecule has 0 spiro atoms. The van der Waals surface area contributed by atoms with Gasteiger partial charge in [-0.05, 0) is 59.7 Å². The van der Waals surface area contributed by atoms with E-state index < -0.39 is 29.0 Å². The van der Waals surface area contributed by atoms with E-state index in [1.807, 2.05) is 0 Å². The number of carbonyl (C=O) groups is 3. The highest BCUT2D eigenvalue weighted by atomic mass is 32.2. The van der Waals surface area contributed by atoms with Gasteiger partial charge in [-0.2, -0.15) is 0 Å². The summed E-state index contributed by atoms with van der Waals surface area (Å²) >= 11 is 0.819. The number of carboxylic acid groups (broad SMARTS) is 1. The number of hydrogen-bond donors (Lipinski definition) is 3. The monoisotopic (exact) mass is 402 g/mol. The molecule has 1 fully saturated rings. The molecule has 0 aliphatic carbocycles. The van der Waals surface area contributed by atoms with Gasteiger partial charge in [-0.25, -0.2) is 4.39 Å². The van der Waals surface area contributed by atoms with Crippen LogP contribution in [0.2, 0.25) is 0 Å². The fraction of sp³-hybridized carbons (Fsp3) is 0.105. The normalized spacial score (nSPS) is 16.1. The number of rotatable bonds is 6. The van der Waals surface area contributed by atoms with Gasteiger partial charge < -0.3 is 15.6 Å². The van der Waals surface area contributed by atoms with E-state index in [1.165, 1.54) is 12.1 Å². The predicted octanol–water partition coefficient (Wildman–Crippen LogP) is 2.90. The van der Waals surface area contributed by atoms with Gasteiger partial charge in [-0.1, -0.05) is 18.2 Å². The Morgan fingerprint density at radius 2 is 1.96 bits per heavy atom. The number of halogens is 1. The molecule has 1 atom stereocenters. The van der Waals surface area contributed by atoms with Gasteiger partial charge >= 0.3 is 5.97 Å². The van der Waals surface area contributed by atoms with Crippen LogP contribution in [0.3, 0.4) is 0 Å². The summed E-state index contributed by atoms with van der Waals surface area (Å²) < 4.78 is 19.7. The zero-order valence-electron chi connectivity index (χ0n) is 14.3. The Kier molecular flexibility index (Phi) is 5.76. The molecule has 2 aromatic carbocycles. The third kappa shape index (κ3) is 4.76. The average Bonchev–Trinajstić information content (AvgIpc) is 2.96. The third-order valence-corrected chi connectivity index (χ3v) is 4.63. The van der Waals surface area contributed by atoms with E-state index in [0.717, 1.165) is 11.8 Å². The van der Waals surface area contributed by atoms with Crippen molar-refractivity contribution in [2.45, 2.75) is 12.5 Å². The fourth-order valence-corrected chi connectivity index (χ4v) is 3.11. The number of carboxylic acids is 1. The molecule has 28 heavy (non-hydrogen) atoms. The Bertz CT molecular complexity index is 975. The second kappa shape index (κ2) is 8.24. The molecule has 0 aromatic heterocycles. The Morgan fingerprint density at radius 1 is 1.25 bits per heavy atom. The molecule has 3 rings (SSSR count). The summed E-state index contributed by atoms with van der Waals surface area (Å²) in [6, 6.07) is 9.55. The fourth-order valence-electron chi connectivity index (χ4n) is 2.43. The SMILES string of the molecule is NC(Cc1ccc(Oc2ccc(/C=C3\SC(=O)NC3=O)cc2)c(F)c1)C(=O)O. The highest BCUT2D eigenvalue weighted by molar-refractivity contribution is 8.18. The molecule has 2 amide bonds. The van der Waals surface area contributed by atoms with E-state index in [9.17, 15) is 18.8 Å². The predicted molar refractivity (Wildman–Crippen MR) is 101 cm³/mol. The Morgan fingerprint density at radius 3 is 2.54 bits per heavy atom. The second-order valence-electron chi connectivity index (χ2n) is 5.94. The number of aliphatic carboxylic acids is 1. The smallest absolute Gasteiger partial charge is 0.320 e. The van der Waals surface area contributed by atoms with Crippen LogP contribution in [0.15, 0.2) is 47.4 Å². The number of imide groups is 1. The number of carbonyl (C=O) groups excluding carboxylic acids is 2. The summed E-state index contributed by atoms with van der Waals surface area (Å²) in [6.45, 7) is 0. The molecule has 1 heterocycles. The first-order valence-electron chi connectivity index (χ1n) is 8.11. The lowest BCUT2D eigenvalue weighted by atomic mass is 10.1. The molecule has 1 saturated heterocycles. The number of benzene rings is 2. The maximum Gasteiger partial charge on any atom is 0.320 e. The first-order chi connectivity index (χ1) is 13.3. The molecule has 1 unspecified atom stereocenters. The van der Waals surface area contributed by atoms with Crippen molar-refractivity contribution in [3.63, 3.8) is 0 Å².